The van der Waals surface area contributed by atoms with Crippen molar-refractivity contribution in [2.24, 2.45) is 0 Å². The van der Waals surface area contributed by atoms with Crippen molar-refractivity contribution in [2.45, 2.75) is 439 Å². The van der Waals surface area contributed by atoms with E-state index in [2.05, 4.69) is 59.5 Å². The molecule has 0 aliphatic carbocycles. The van der Waals surface area contributed by atoms with Crippen molar-refractivity contribution in [1.29, 1.82) is 0 Å². The van der Waals surface area contributed by atoms with E-state index in [1.54, 1.807) is 0 Å². The molecule has 0 heterocycles. The molecule has 0 aliphatic rings. The number of unbranched alkanes of at least 4 members (excludes halogenated alkanes) is 60. The van der Waals surface area contributed by atoms with Gasteiger partial charge in [-0.3, -0.25) is 0 Å². The van der Waals surface area contributed by atoms with Gasteiger partial charge in [-0.25, -0.2) is 16.8 Å². The molecule has 0 N–H and O–H groups in total. The molecule has 0 atom stereocenters. The molecule has 0 fully saturated rings. The zero-order valence-corrected chi connectivity index (χ0v) is 62.3. The molecule has 9 nitrogen and oxygen atoms in total. The van der Waals surface area contributed by atoms with Crippen LogP contribution in [0.25, 0.3) is 0 Å². The molecule has 87 heavy (non-hydrogen) atoms. The number of hydrogen-bond donors (Lipinski definition) is 0. The van der Waals surface area contributed by atoms with Gasteiger partial charge in [0.05, 0.1) is 54.4 Å². The van der Waals surface area contributed by atoms with Crippen LogP contribution < -0.4 is 0 Å². The summed E-state index contributed by atoms with van der Waals surface area (Å²) in [6.07, 6.45) is 93.9. The standard InChI is InChI=1S/2C38H80N.H2O7S2/c2*1-5-7-9-11-13-15-17-19-21-23-25-27-29-31-33-35-37-39(3,4)38-36-34-32-30-28-26-24-22-20-18-16-14-12-10-8-6-2;1-8(2,3)7-9(4,5)6/h2*5-38H2,1-4H3;(H,1,2,3)(H,4,5,6)/q2*+1;/p-2. The van der Waals surface area contributed by atoms with Crippen LogP contribution in [0.15, 0.2) is 0 Å². The summed E-state index contributed by atoms with van der Waals surface area (Å²) in [6.45, 7) is 14.8. The van der Waals surface area contributed by atoms with Crippen molar-refractivity contribution in [3.05, 3.63) is 0 Å². The second-order valence-electron chi connectivity index (χ2n) is 28.9. The highest BCUT2D eigenvalue weighted by Crippen LogP contribution is 2.20. The third-order valence-corrected chi connectivity index (χ3v) is 20.0. The van der Waals surface area contributed by atoms with Gasteiger partial charge in [0.1, 0.15) is 0 Å². The molecule has 528 valence electrons. The first-order valence-electron chi connectivity index (χ1n) is 39.2. The van der Waals surface area contributed by atoms with Crippen molar-refractivity contribution < 1.29 is 38.5 Å². The Morgan fingerprint density at radius 3 is 0.368 bits per heavy atom. The van der Waals surface area contributed by atoms with E-state index in [1.807, 2.05) is 0 Å². The first-order chi connectivity index (χ1) is 41.9. The Morgan fingerprint density at radius 1 is 0.195 bits per heavy atom. The van der Waals surface area contributed by atoms with Crippen LogP contribution in [0.1, 0.15) is 439 Å². The normalized spacial score (nSPS) is 12.2. The molecule has 0 aromatic heterocycles. The van der Waals surface area contributed by atoms with Gasteiger partial charge in [0.2, 0.25) is 20.8 Å². The Morgan fingerprint density at radius 2 is 0.287 bits per heavy atom. The molecule has 0 aromatic rings. The molecular formula is C76H160N2O7S2. The highest BCUT2D eigenvalue weighted by atomic mass is 32.3. The fourth-order valence-corrected chi connectivity index (χ4v) is 13.5. The quantitative estimate of drug-likeness (QED) is 0.0257. The maximum atomic E-state index is 9.29. The van der Waals surface area contributed by atoms with Crippen LogP contribution in [0.5, 0.6) is 0 Å². The Hall–Kier alpha value is -0.300. The Balaban J connectivity index is -0.00000142. The van der Waals surface area contributed by atoms with E-state index in [-0.39, 0.29) is 0 Å². The van der Waals surface area contributed by atoms with Gasteiger partial charge < -0.3 is 18.1 Å². The Labute approximate surface area is 549 Å². The Kier molecular flexibility index (Phi) is 74.7. The molecule has 0 unspecified atom stereocenters. The van der Waals surface area contributed by atoms with E-state index in [0.29, 0.717) is 0 Å². The van der Waals surface area contributed by atoms with Gasteiger partial charge >= 0.3 is 0 Å². The van der Waals surface area contributed by atoms with Crippen LogP contribution in [0.2, 0.25) is 0 Å². The van der Waals surface area contributed by atoms with Gasteiger partial charge in [0.15, 0.2) is 0 Å². The molecular weight excluding hydrogens is 1120 g/mol. The van der Waals surface area contributed by atoms with E-state index in [9.17, 15) is 25.9 Å². The summed E-state index contributed by atoms with van der Waals surface area (Å²) in [6, 6.07) is 0. The summed E-state index contributed by atoms with van der Waals surface area (Å²) in [5.74, 6) is 0. The minimum atomic E-state index is -5.43. The lowest BCUT2D eigenvalue weighted by atomic mass is 10.0. The second-order valence-corrected chi connectivity index (χ2v) is 31.0. The minimum absolute atomic E-state index is 1.25. The second kappa shape index (κ2) is 71.5. The van der Waals surface area contributed by atoms with Crippen LogP contribution in [0.3, 0.4) is 0 Å². The summed E-state index contributed by atoms with van der Waals surface area (Å²) in [7, 11) is -0.990. The van der Waals surface area contributed by atoms with Crippen molar-refractivity contribution in [1.82, 2.24) is 0 Å². The first kappa shape index (κ1) is 90.9. The van der Waals surface area contributed by atoms with Gasteiger partial charge in [0, 0.05) is 0 Å². The van der Waals surface area contributed by atoms with Crippen molar-refractivity contribution in [3.8, 4) is 0 Å². The fraction of sp³-hybridized carbons (Fsp3) is 1.00. The summed E-state index contributed by atoms with van der Waals surface area (Å²) in [4.78, 5) is 0. The molecule has 0 amide bonds. The maximum Gasteiger partial charge on any atom is 0.231 e. The lowest BCUT2D eigenvalue weighted by Gasteiger charge is -2.30. The zero-order chi connectivity index (χ0) is 64.8. The lowest BCUT2D eigenvalue weighted by molar-refractivity contribution is -0.890. The summed E-state index contributed by atoms with van der Waals surface area (Å²) in [5.41, 5.74) is 0. The molecule has 0 rings (SSSR count). The predicted octanol–water partition coefficient (Wildman–Crippen LogP) is 25.1. The SMILES string of the molecule is CCCCCCCCCCCCCCCCCC[N+](C)(C)CCCCCCCCCCCCCCCCCC.CCCCCCCCCCCCCCCCCC[N+](C)(C)CCCCCCCCCCCCCCCCCC.O=S(=O)([O-])OS(=O)(=O)[O-]. The van der Waals surface area contributed by atoms with Crippen molar-refractivity contribution in [3.63, 3.8) is 0 Å². The largest absolute Gasteiger partial charge is 0.725 e. The third-order valence-electron chi connectivity index (χ3n) is 18.6. The van der Waals surface area contributed by atoms with E-state index in [0.717, 1.165) is 0 Å². The fourth-order valence-electron chi connectivity index (χ4n) is 12.7. The highest BCUT2D eigenvalue weighted by molar-refractivity contribution is 7.94. The number of rotatable bonds is 70. The van der Waals surface area contributed by atoms with Gasteiger partial charge in [-0.1, -0.05) is 387 Å². The van der Waals surface area contributed by atoms with Gasteiger partial charge in [-0.05, 0) is 51.4 Å². The molecule has 0 aromatic carbocycles. The molecule has 0 bridgehead atoms. The topological polar surface area (TPSA) is 124 Å². The average molecular weight is 1280 g/mol. The van der Waals surface area contributed by atoms with Crippen LogP contribution in [-0.4, -0.2) is 89.3 Å². The summed E-state index contributed by atoms with van der Waals surface area (Å²) < 4.78 is 60.7. The smallest absolute Gasteiger partial charge is 0.231 e. The molecule has 0 saturated carbocycles. The van der Waals surface area contributed by atoms with E-state index < -0.39 is 20.8 Å². The van der Waals surface area contributed by atoms with Crippen LogP contribution in [0.4, 0.5) is 0 Å². The van der Waals surface area contributed by atoms with Crippen LogP contribution in [0, 0.1) is 0 Å². The molecule has 0 spiro atoms. The monoisotopic (exact) mass is 1280 g/mol. The van der Waals surface area contributed by atoms with Crippen LogP contribution in [-0.2, 0) is 24.4 Å². The average Bonchev–Trinajstić information content (AvgIpc) is 3.59. The van der Waals surface area contributed by atoms with Gasteiger partial charge in [-0.2, -0.15) is 3.63 Å². The van der Waals surface area contributed by atoms with E-state index >= 15 is 0 Å². The molecule has 0 aliphatic heterocycles. The molecule has 11 heteroatoms. The van der Waals surface area contributed by atoms with Gasteiger partial charge in [-0.15, -0.1) is 0 Å². The van der Waals surface area contributed by atoms with E-state index in [1.165, 1.54) is 446 Å². The Bertz CT molecular complexity index is 1320. The van der Waals surface area contributed by atoms with E-state index in [4.69, 9.17) is 0 Å². The van der Waals surface area contributed by atoms with Gasteiger partial charge in [0.25, 0.3) is 0 Å². The number of nitrogens with zero attached hydrogens (tertiary/aromatic N) is 2. The van der Waals surface area contributed by atoms with Crippen LogP contribution >= 0.6 is 0 Å². The zero-order valence-electron chi connectivity index (χ0n) is 60.7. The summed E-state index contributed by atoms with van der Waals surface area (Å²) in [5, 5.41) is 0. The minimum Gasteiger partial charge on any atom is -0.725 e. The highest BCUT2D eigenvalue weighted by Gasteiger charge is 2.15. The third kappa shape index (κ3) is 89.9. The number of hydrogen-bond acceptors (Lipinski definition) is 7. The van der Waals surface area contributed by atoms with Crippen molar-refractivity contribution >= 4 is 20.8 Å². The van der Waals surface area contributed by atoms with Crippen molar-refractivity contribution in [2.75, 3.05) is 54.4 Å². The number of quaternary nitrogens is 2. The maximum absolute atomic E-state index is 9.29. The predicted molar refractivity (Wildman–Crippen MR) is 382 cm³/mol. The first-order valence-corrected chi connectivity index (χ1v) is 41.9. The summed E-state index contributed by atoms with van der Waals surface area (Å²) >= 11 is 0. The molecule has 0 saturated heterocycles. The lowest BCUT2D eigenvalue weighted by Crippen LogP contribution is -2.41. The molecule has 0 radical (unpaired) electrons.